The van der Waals surface area contributed by atoms with Crippen LogP contribution in [0.4, 0.5) is 0 Å². The van der Waals surface area contributed by atoms with Gasteiger partial charge in [-0.1, -0.05) is 24.6 Å². The number of carbonyl (C=O) groups excluding carboxylic acids is 1. The van der Waals surface area contributed by atoms with Gasteiger partial charge in [-0.05, 0) is 44.4 Å². The molecule has 0 aromatic heterocycles. The van der Waals surface area contributed by atoms with E-state index in [4.69, 9.17) is 4.74 Å². The smallest absolute Gasteiger partial charge is 0.305 e. The Hall–Kier alpha value is -1.40. The van der Waals surface area contributed by atoms with E-state index in [9.17, 15) is 13.2 Å². The van der Waals surface area contributed by atoms with Crippen LogP contribution in [0, 0.1) is 12.8 Å². The maximum absolute atomic E-state index is 13.3. The highest BCUT2D eigenvalue weighted by atomic mass is 32.2. The first-order valence-corrected chi connectivity index (χ1v) is 9.40. The molecule has 0 bridgehead atoms. The Morgan fingerprint density at radius 1 is 1.35 bits per heavy atom. The number of rotatable bonds is 5. The molecule has 0 aliphatic carbocycles. The normalized spacial score (nSPS) is 23.3. The van der Waals surface area contributed by atoms with E-state index in [0.717, 1.165) is 18.5 Å². The number of ether oxygens (including phenoxy) is 1. The van der Waals surface area contributed by atoms with Crippen molar-refractivity contribution < 1.29 is 17.9 Å². The van der Waals surface area contributed by atoms with Gasteiger partial charge in [-0.25, -0.2) is 8.42 Å². The summed E-state index contributed by atoms with van der Waals surface area (Å²) >= 11 is 0. The number of hydrogen-bond donors (Lipinski definition) is 1. The number of aryl methyl sites for hydroxylation is 1. The SMILES string of the molecule is COC(=O)C[C@H](C)[C@@]1(S(=O)(=O)c2ccc(C)cc2)CCCNC1. The Morgan fingerprint density at radius 2 is 2.00 bits per heavy atom. The fraction of sp³-hybridized carbons (Fsp3) is 0.588. The lowest BCUT2D eigenvalue weighted by molar-refractivity contribution is -0.141. The first-order chi connectivity index (χ1) is 10.8. The van der Waals surface area contributed by atoms with Gasteiger partial charge < -0.3 is 10.1 Å². The number of carbonyl (C=O) groups is 1. The van der Waals surface area contributed by atoms with Crippen molar-refractivity contribution in [1.82, 2.24) is 5.32 Å². The predicted octanol–water partition coefficient (Wildman–Crippen LogP) is 2.09. The van der Waals surface area contributed by atoms with Crippen LogP contribution >= 0.6 is 0 Å². The van der Waals surface area contributed by atoms with Crippen LogP contribution in [0.5, 0.6) is 0 Å². The summed E-state index contributed by atoms with van der Waals surface area (Å²) in [5, 5.41) is 3.20. The molecule has 0 radical (unpaired) electrons. The van der Waals surface area contributed by atoms with Gasteiger partial charge in [0.2, 0.25) is 0 Å². The summed E-state index contributed by atoms with van der Waals surface area (Å²) in [6.07, 6.45) is 1.42. The van der Waals surface area contributed by atoms with E-state index >= 15 is 0 Å². The third-order valence-electron chi connectivity index (χ3n) is 4.84. The summed E-state index contributed by atoms with van der Waals surface area (Å²) in [6, 6.07) is 6.93. The first-order valence-electron chi connectivity index (χ1n) is 7.92. The van der Waals surface area contributed by atoms with Crippen molar-refractivity contribution in [3.8, 4) is 0 Å². The summed E-state index contributed by atoms with van der Waals surface area (Å²) in [5.41, 5.74) is 1.02. The van der Waals surface area contributed by atoms with Gasteiger partial charge in [-0.2, -0.15) is 0 Å². The van der Waals surface area contributed by atoms with Gasteiger partial charge in [0.05, 0.1) is 16.8 Å². The highest BCUT2D eigenvalue weighted by Crippen LogP contribution is 2.39. The Balaban J connectivity index is 2.44. The second-order valence-electron chi connectivity index (χ2n) is 6.34. The highest BCUT2D eigenvalue weighted by Gasteiger charge is 2.50. The van der Waals surface area contributed by atoms with Gasteiger partial charge in [0, 0.05) is 13.0 Å². The van der Waals surface area contributed by atoms with Crippen molar-refractivity contribution >= 4 is 15.8 Å². The average Bonchev–Trinajstić information content (AvgIpc) is 2.55. The summed E-state index contributed by atoms with van der Waals surface area (Å²) in [5.74, 6) is -0.699. The van der Waals surface area contributed by atoms with Crippen molar-refractivity contribution in [2.75, 3.05) is 20.2 Å². The van der Waals surface area contributed by atoms with Crippen molar-refractivity contribution in [3.63, 3.8) is 0 Å². The molecule has 1 aliphatic heterocycles. The lowest BCUT2D eigenvalue weighted by atomic mass is 9.84. The minimum atomic E-state index is -3.56. The van der Waals surface area contributed by atoms with Gasteiger partial charge in [0.25, 0.3) is 0 Å². The zero-order valence-electron chi connectivity index (χ0n) is 14.0. The molecule has 1 saturated heterocycles. The van der Waals surface area contributed by atoms with Gasteiger partial charge in [-0.15, -0.1) is 0 Å². The molecule has 6 heteroatoms. The maximum atomic E-state index is 13.3. The molecular weight excluding hydrogens is 314 g/mol. The Bertz CT molecular complexity index is 646. The zero-order valence-corrected chi connectivity index (χ0v) is 14.8. The van der Waals surface area contributed by atoms with E-state index in [-0.39, 0.29) is 18.3 Å². The number of sulfone groups is 1. The highest BCUT2D eigenvalue weighted by molar-refractivity contribution is 7.93. The lowest BCUT2D eigenvalue weighted by Crippen LogP contribution is -2.55. The molecule has 2 rings (SSSR count). The molecule has 128 valence electrons. The molecule has 5 nitrogen and oxygen atoms in total. The predicted molar refractivity (Wildman–Crippen MR) is 89.0 cm³/mol. The topological polar surface area (TPSA) is 72.5 Å². The molecule has 1 fully saturated rings. The second kappa shape index (κ2) is 7.01. The summed E-state index contributed by atoms with van der Waals surface area (Å²) < 4.78 is 30.4. The van der Waals surface area contributed by atoms with E-state index in [1.807, 2.05) is 26.0 Å². The molecule has 0 saturated carbocycles. The fourth-order valence-corrected chi connectivity index (χ4v) is 5.57. The molecule has 1 aromatic carbocycles. The summed E-state index contributed by atoms with van der Waals surface area (Å²) in [7, 11) is -2.24. The van der Waals surface area contributed by atoms with Crippen LogP contribution in [-0.4, -0.2) is 39.3 Å². The van der Waals surface area contributed by atoms with Crippen LogP contribution in [-0.2, 0) is 19.4 Å². The number of esters is 1. The number of piperidine rings is 1. The van der Waals surface area contributed by atoms with Crippen LogP contribution in [0.25, 0.3) is 0 Å². The Labute approximate surface area is 138 Å². The molecule has 1 heterocycles. The minimum absolute atomic E-state index is 0.100. The molecular formula is C17H25NO4S. The van der Waals surface area contributed by atoms with Crippen molar-refractivity contribution in [2.24, 2.45) is 5.92 Å². The number of nitrogens with one attached hydrogen (secondary N) is 1. The van der Waals surface area contributed by atoms with Crippen LogP contribution in [0.2, 0.25) is 0 Å². The molecule has 0 spiro atoms. The van der Waals surface area contributed by atoms with Crippen LogP contribution < -0.4 is 5.32 Å². The monoisotopic (exact) mass is 339 g/mol. The molecule has 0 amide bonds. The average molecular weight is 339 g/mol. The Morgan fingerprint density at radius 3 is 2.52 bits per heavy atom. The molecule has 1 aliphatic rings. The number of benzene rings is 1. The van der Waals surface area contributed by atoms with E-state index in [1.165, 1.54) is 7.11 Å². The zero-order chi connectivity index (χ0) is 17.1. The van der Waals surface area contributed by atoms with Crippen LogP contribution in [0.1, 0.15) is 31.7 Å². The van der Waals surface area contributed by atoms with Gasteiger partial charge in [0.15, 0.2) is 9.84 Å². The van der Waals surface area contributed by atoms with Gasteiger partial charge >= 0.3 is 5.97 Å². The molecule has 0 unspecified atom stereocenters. The standard InChI is InChI=1S/C17H25NO4S/c1-13-5-7-15(8-6-13)23(20,21)17(9-4-10-18-12-17)14(2)11-16(19)22-3/h5-8,14,18H,4,9-12H2,1-3H3/t14-,17+/m0/s1. The van der Waals surface area contributed by atoms with Gasteiger partial charge in [-0.3, -0.25) is 4.79 Å². The number of hydrogen-bond acceptors (Lipinski definition) is 5. The first kappa shape index (κ1) is 17.9. The minimum Gasteiger partial charge on any atom is -0.469 e. The maximum Gasteiger partial charge on any atom is 0.305 e. The van der Waals surface area contributed by atoms with Crippen LogP contribution in [0.15, 0.2) is 29.2 Å². The summed E-state index contributed by atoms with van der Waals surface area (Å²) in [6.45, 7) is 4.92. The lowest BCUT2D eigenvalue weighted by Gasteiger charge is -2.41. The van der Waals surface area contributed by atoms with Crippen molar-refractivity contribution in [1.29, 1.82) is 0 Å². The van der Waals surface area contributed by atoms with Crippen LogP contribution in [0.3, 0.4) is 0 Å². The van der Waals surface area contributed by atoms with E-state index < -0.39 is 14.6 Å². The molecule has 1 N–H and O–H groups in total. The van der Waals surface area contributed by atoms with E-state index in [2.05, 4.69) is 5.32 Å². The van der Waals surface area contributed by atoms with Crippen molar-refractivity contribution in [2.45, 2.75) is 42.8 Å². The molecule has 1 aromatic rings. The fourth-order valence-electron chi connectivity index (χ4n) is 3.29. The van der Waals surface area contributed by atoms with E-state index in [1.54, 1.807) is 12.1 Å². The summed E-state index contributed by atoms with van der Waals surface area (Å²) in [4.78, 5) is 12.0. The third-order valence-corrected chi connectivity index (χ3v) is 7.56. The van der Waals surface area contributed by atoms with Gasteiger partial charge in [0.1, 0.15) is 0 Å². The Kier molecular flexibility index (Phi) is 5.47. The molecule has 2 atom stereocenters. The largest absolute Gasteiger partial charge is 0.469 e. The third kappa shape index (κ3) is 3.43. The molecule has 23 heavy (non-hydrogen) atoms. The van der Waals surface area contributed by atoms with E-state index in [0.29, 0.717) is 17.9 Å². The second-order valence-corrected chi connectivity index (χ2v) is 8.63. The van der Waals surface area contributed by atoms with Crippen molar-refractivity contribution in [3.05, 3.63) is 29.8 Å². The number of methoxy groups -OCH3 is 1. The quantitative estimate of drug-likeness (QED) is 0.832.